The maximum absolute atomic E-state index is 4.30. The van der Waals surface area contributed by atoms with Gasteiger partial charge in [-0.25, -0.2) is 9.97 Å². The molecule has 2 aromatic heterocycles. The van der Waals surface area contributed by atoms with Crippen molar-refractivity contribution < 1.29 is 0 Å². The van der Waals surface area contributed by atoms with Crippen LogP contribution in [0.5, 0.6) is 0 Å². The predicted molar refractivity (Wildman–Crippen MR) is 73.9 cm³/mol. The van der Waals surface area contributed by atoms with Crippen LogP contribution >= 0.6 is 22.7 Å². The first-order chi connectivity index (χ1) is 8.25. The number of nitrogens with zero attached hydrogens (tertiary/aromatic N) is 3. The number of aryl methyl sites for hydroxylation is 1. The summed E-state index contributed by atoms with van der Waals surface area (Å²) in [6.07, 6.45) is 4.03. The van der Waals surface area contributed by atoms with Crippen molar-refractivity contribution in [1.82, 2.24) is 14.9 Å². The Kier molecular flexibility index (Phi) is 4.65. The number of likely N-dealkylation sites (N-methyl/N-ethyl adjacent to an activating group) is 1. The van der Waals surface area contributed by atoms with Crippen LogP contribution in [-0.4, -0.2) is 35.0 Å². The van der Waals surface area contributed by atoms with E-state index in [2.05, 4.69) is 28.8 Å². The Balaban J connectivity index is 1.71. The largest absolute Gasteiger partial charge is 0.306 e. The molecule has 2 heterocycles. The van der Waals surface area contributed by atoms with Gasteiger partial charge < -0.3 is 4.90 Å². The molecule has 0 bridgehead atoms. The van der Waals surface area contributed by atoms with Crippen LogP contribution in [0.15, 0.2) is 17.1 Å². The van der Waals surface area contributed by atoms with E-state index in [0.29, 0.717) is 0 Å². The molecular weight excluding hydrogens is 250 g/mol. The molecule has 0 radical (unpaired) electrons. The second-order valence-corrected chi connectivity index (χ2v) is 6.01. The monoisotopic (exact) mass is 267 g/mol. The molecule has 0 N–H and O–H groups in total. The van der Waals surface area contributed by atoms with Crippen LogP contribution in [0.3, 0.4) is 0 Å². The fourth-order valence-electron chi connectivity index (χ4n) is 1.63. The van der Waals surface area contributed by atoms with E-state index in [9.17, 15) is 0 Å². The first-order valence-corrected chi connectivity index (χ1v) is 7.47. The average Bonchev–Trinajstić information content (AvgIpc) is 2.95. The minimum Gasteiger partial charge on any atom is -0.306 e. The lowest BCUT2D eigenvalue weighted by atomic mass is 10.3. The molecular formula is C12H17N3S2. The van der Waals surface area contributed by atoms with Crippen molar-refractivity contribution in [3.05, 3.63) is 32.7 Å². The summed E-state index contributed by atoms with van der Waals surface area (Å²) in [5.41, 5.74) is 3.11. The second-order valence-electron chi connectivity index (χ2n) is 4.09. The van der Waals surface area contributed by atoms with E-state index < -0.39 is 0 Å². The maximum Gasteiger partial charge on any atom is 0.0937 e. The van der Waals surface area contributed by atoms with Crippen molar-refractivity contribution >= 4 is 22.7 Å². The zero-order valence-corrected chi connectivity index (χ0v) is 11.9. The molecule has 2 rings (SSSR count). The Labute approximate surface area is 110 Å². The zero-order valence-electron chi connectivity index (χ0n) is 10.2. The van der Waals surface area contributed by atoms with Gasteiger partial charge in [-0.05, 0) is 20.4 Å². The number of rotatable bonds is 6. The molecule has 0 aliphatic carbocycles. The lowest BCUT2D eigenvalue weighted by Crippen LogP contribution is -2.23. The Morgan fingerprint density at radius 2 is 2.00 bits per heavy atom. The van der Waals surface area contributed by atoms with Gasteiger partial charge in [-0.15, -0.1) is 22.7 Å². The molecule has 0 aliphatic rings. The van der Waals surface area contributed by atoms with Crippen LogP contribution in [0.25, 0.3) is 0 Å². The minimum absolute atomic E-state index is 1.05. The van der Waals surface area contributed by atoms with Gasteiger partial charge in [0, 0.05) is 36.0 Å². The molecule has 2 aromatic rings. The van der Waals surface area contributed by atoms with Crippen LogP contribution in [0, 0.1) is 6.92 Å². The third kappa shape index (κ3) is 3.87. The Morgan fingerprint density at radius 3 is 2.65 bits per heavy atom. The highest BCUT2D eigenvalue weighted by Gasteiger charge is 2.05. The van der Waals surface area contributed by atoms with E-state index in [1.807, 2.05) is 17.1 Å². The van der Waals surface area contributed by atoms with Gasteiger partial charge in [-0.3, -0.25) is 0 Å². The summed E-state index contributed by atoms with van der Waals surface area (Å²) in [6.45, 7) is 4.25. The molecule has 0 amide bonds. The van der Waals surface area contributed by atoms with E-state index in [1.165, 1.54) is 15.6 Å². The van der Waals surface area contributed by atoms with Crippen LogP contribution in [0.1, 0.15) is 15.6 Å². The van der Waals surface area contributed by atoms with E-state index in [-0.39, 0.29) is 0 Å². The van der Waals surface area contributed by atoms with Crippen LogP contribution in [-0.2, 0) is 12.8 Å². The van der Waals surface area contributed by atoms with Crippen molar-refractivity contribution in [3.63, 3.8) is 0 Å². The van der Waals surface area contributed by atoms with Gasteiger partial charge in [0.25, 0.3) is 0 Å². The first-order valence-electron chi connectivity index (χ1n) is 5.71. The van der Waals surface area contributed by atoms with Gasteiger partial charge in [0.2, 0.25) is 0 Å². The number of aromatic nitrogens is 2. The molecule has 0 aromatic carbocycles. The molecule has 3 nitrogen and oxygen atoms in total. The van der Waals surface area contributed by atoms with E-state index >= 15 is 0 Å². The molecule has 0 fully saturated rings. The van der Waals surface area contributed by atoms with Crippen molar-refractivity contribution in [2.24, 2.45) is 0 Å². The maximum atomic E-state index is 4.30. The fourth-order valence-corrected chi connectivity index (χ4v) is 3.01. The van der Waals surface area contributed by atoms with Crippen LogP contribution in [0.4, 0.5) is 0 Å². The van der Waals surface area contributed by atoms with Crippen molar-refractivity contribution in [3.8, 4) is 0 Å². The summed E-state index contributed by atoms with van der Waals surface area (Å²) >= 11 is 3.50. The zero-order chi connectivity index (χ0) is 12.1. The second kappa shape index (κ2) is 6.23. The van der Waals surface area contributed by atoms with Gasteiger partial charge in [0.15, 0.2) is 0 Å². The summed E-state index contributed by atoms with van der Waals surface area (Å²) < 4.78 is 0. The lowest BCUT2D eigenvalue weighted by molar-refractivity contribution is 0.343. The summed E-state index contributed by atoms with van der Waals surface area (Å²) in [6, 6.07) is 0. The van der Waals surface area contributed by atoms with Gasteiger partial charge in [0.1, 0.15) is 0 Å². The molecule has 17 heavy (non-hydrogen) atoms. The number of thiazole rings is 2. The average molecular weight is 267 g/mol. The third-order valence-corrected chi connectivity index (χ3v) is 4.59. The molecule has 0 saturated heterocycles. The normalized spacial score (nSPS) is 11.2. The van der Waals surface area contributed by atoms with E-state index in [0.717, 1.165) is 25.9 Å². The molecule has 5 heteroatoms. The molecule has 0 saturated carbocycles. The SMILES string of the molecule is Cc1ncsc1CCN(C)CCc1nccs1. The summed E-state index contributed by atoms with van der Waals surface area (Å²) in [5, 5.41) is 3.27. The summed E-state index contributed by atoms with van der Waals surface area (Å²) in [7, 11) is 2.17. The third-order valence-electron chi connectivity index (χ3n) is 2.76. The van der Waals surface area contributed by atoms with Crippen LogP contribution < -0.4 is 0 Å². The van der Waals surface area contributed by atoms with Crippen LogP contribution in [0.2, 0.25) is 0 Å². The van der Waals surface area contributed by atoms with Gasteiger partial charge in [-0.2, -0.15) is 0 Å². The standard InChI is InChI=1S/C12H17N3S2/c1-10-11(17-9-14-10)3-6-15(2)7-4-12-13-5-8-16-12/h5,8-9H,3-4,6-7H2,1-2H3. The molecule has 0 spiro atoms. The highest BCUT2D eigenvalue weighted by molar-refractivity contribution is 7.09. The highest BCUT2D eigenvalue weighted by atomic mass is 32.1. The van der Waals surface area contributed by atoms with Gasteiger partial charge in [0.05, 0.1) is 16.2 Å². The summed E-state index contributed by atoms with van der Waals surface area (Å²) in [5.74, 6) is 0. The van der Waals surface area contributed by atoms with Crippen molar-refractivity contribution in [2.45, 2.75) is 19.8 Å². The highest BCUT2D eigenvalue weighted by Crippen LogP contribution is 2.13. The first kappa shape index (κ1) is 12.7. The van der Waals surface area contributed by atoms with Gasteiger partial charge >= 0.3 is 0 Å². The minimum atomic E-state index is 1.05. The van der Waals surface area contributed by atoms with Crippen molar-refractivity contribution in [1.29, 1.82) is 0 Å². The van der Waals surface area contributed by atoms with E-state index in [4.69, 9.17) is 0 Å². The Bertz CT molecular complexity index is 436. The molecule has 92 valence electrons. The number of hydrogen-bond donors (Lipinski definition) is 0. The molecule has 0 unspecified atom stereocenters. The predicted octanol–water partition coefficient (Wildman–Crippen LogP) is 2.63. The molecule has 0 aliphatic heterocycles. The topological polar surface area (TPSA) is 29.0 Å². The lowest BCUT2D eigenvalue weighted by Gasteiger charge is -2.15. The molecule has 0 atom stereocenters. The summed E-state index contributed by atoms with van der Waals surface area (Å²) in [4.78, 5) is 12.3. The number of hydrogen-bond acceptors (Lipinski definition) is 5. The quantitative estimate of drug-likeness (QED) is 0.805. The smallest absolute Gasteiger partial charge is 0.0937 e. The Morgan fingerprint density at radius 1 is 1.18 bits per heavy atom. The van der Waals surface area contributed by atoms with E-state index in [1.54, 1.807) is 22.7 Å². The Hall–Kier alpha value is -0.780. The van der Waals surface area contributed by atoms with Crippen molar-refractivity contribution in [2.75, 3.05) is 20.1 Å². The fraction of sp³-hybridized carbons (Fsp3) is 0.500. The van der Waals surface area contributed by atoms with Gasteiger partial charge in [-0.1, -0.05) is 0 Å².